The second-order valence-electron chi connectivity index (χ2n) is 9.84. The molecule has 7 heteroatoms. The first-order valence-electron chi connectivity index (χ1n) is 12.7. The topological polar surface area (TPSA) is 76.1 Å². The number of hydrogen-bond donors (Lipinski definition) is 1. The molecule has 7 nitrogen and oxygen atoms in total. The van der Waals surface area contributed by atoms with E-state index in [0.717, 1.165) is 65.7 Å². The number of nitrogens with zero attached hydrogens (tertiary/aromatic N) is 6. The van der Waals surface area contributed by atoms with Crippen molar-refractivity contribution in [3.63, 3.8) is 0 Å². The number of likely N-dealkylation sites (N-methyl/N-ethyl adjacent to an activating group) is 1. The van der Waals surface area contributed by atoms with Gasteiger partial charge in [-0.2, -0.15) is 0 Å². The Bertz CT molecular complexity index is 1530. The monoisotopic (exact) mass is 489 g/mol. The Balaban J connectivity index is 1.42. The number of anilines is 1. The predicted molar refractivity (Wildman–Crippen MR) is 149 cm³/mol. The van der Waals surface area contributed by atoms with Crippen LogP contribution in [0.1, 0.15) is 12.5 Å². The van der Waals surface area contributed by atoms with Gasteiger partial charge in [-0.3, -0.25) is 9.47 Å². The van der Waals surface area contributed by atoms with E-state index in [0.29, 0.717) is 11.9 Å². The highest BCUT2D eigenvalue weighted by Crippen LogP contribution is 2.31. The summed E-state index contributed by atoms with van der Waals surface area (Å²) in [6.07, 6.45) is 1.70. The Morgan fingerprint density at radius 3 is 2.46 bits per heavy atom. The maximum atomic E-state index is 6.30. The zero-order chi connectivity index (χ0) is 25.4. The van der Waals surface area contributed by atoms with E-state index in [4.69, 9.17) is 15.7 Å². The van der Waals surface area contributed by atoms with Gasteiger partial charge in [0.15, 0.2) is 11.5 Å². The van der Waals surface area contributed by atoms with E-state index in [-0.39, 0.29) is 0 Å². The van der Waals surface area contributed by atoms with Gasteiger partial charge in [-0.15, -0.1) is 0 Å². The Kier molecular flexibility index (Phi) is 6.16. The number of pyridine rings is 2. The lowest BCUT2D eigenvalue weighted by molar-refractivity contribution is 0.1000. The highest BCUT2D eigenvalue weighted by molar-refractivity contribution is 5.84. The molecule has 1 atom stereocenters. The lowest BCUT2D eigenvalue weighted by atomic mass is 10.1. The predicted octanol–water partition coefficient (Wildman–Crippen LogP) is 4.87. The first-order chi connectivity index (χ1) is 18.1. The third kappa shape index (κ3) is 4.59. The highest BCUT2D eigenvalue weighted by atomic mass is 15.3. The molecule has 2 N–H and O–H groups in total. The zero-order valence-electron chi connectivity index (χ0n) is 21.2. The van der Waals surface area contributed by atoms with E-state index < -0.39 is 0 Å². The lowest BCUT2D eigenvalue weighted by Crippen LogP contribution is -2.49. The number of aromatic nitrogens is 4. The van der Waals surface area contributed by atoms with Crippen LogP contribution >= 0.6 is 0 Å². The molecule has 1 fully saturated rings. The minimum absolute atomic E-state index is 0.447. The minimum Gasteiger partial charge on any atom is -0.383 e. The summed E-state index contributed by atoms with van der Waals surface area (Å²) < 4.78 is 2.09. The van der Waals surface area contributed by atoms with Crippen LogP contribution in [0.3, 0.4) is 0 Å². The number of nitrogens with two attached hydrogens (primary N) is 1. The van der Waals surface area contributed by atoms with Crippen LogP contribution < -0.4 is 5.73 Å². The maximum Gasteiger partial charge on any atom is 0.165 e. The Hall–Kier alpha value is -4.07. The molecule has 5 aromatic rings. The van der Waals surface area contributed by atoms with Crippen LogP contribution in [0.5, 0.6) is 0 Å². The molecule has 1 aliphatic rings. The first kappa shape index (κ1) is 23.3. The van der Waals surface area contributed by atoms with Gasteiger partial charge in [0.25, 0.3) is 0 Å². The van der Waals surface area contributed by atoms with Gasteiger partial charge in [-0.25, -0.2) is 15.0 Å². The van der Waals surface area contributed by atoms with Crippen LogP contribution in [0.4, 0.5) is 5.82 Å². The fraction of sp³-hybridized carbons (Fsp3) is 0.233. The van der Waals surface area contributed by atoms with Crippen molar-refractivity contribution in [2.75, 3.05) is 32.4 Å². The highest BCUT2D eigenvalue weighted by Gasteiger charge is 2.21. The fourth-order valence-corrected chi connectivity index (χ4v) is 5.03. The molecule has 1 saturated heterocycles. The van der Waals surface area contributed by atoms with E-state index in [1.165, 1.54) is 5.56 Å². The molecule has 0 spiro atoms. The molecule has 1 aliphatic heterocycles. The molecule has 3 aromatic heterocycles. The number of benzene rings is 2. The van der Waals surface area contributed by atoms with E-state index in [9.17, 15) is 0 Å². The smallest absolute Gasteiger partial charge is 0.165 e. The molecule has 0 amide bonds. The van der Waals surface area contributed by atoms with Gasteiger partial charge in [0.1, 0.15) is 11.3 Å². The number of fused-ring (bicyclic) bond motifs is 1. The van der Waals surface area contributed by atoms with Crippen molar-refractivity contribution in [2.45, 2.75) is 19.5 Å². The number of nitrogen functional groups attached to an aromatic ring is 1. The maximum absolute atomic E-state index is 6.30. The number of hydrogen-bond acceptors (Lipinski definition) is 6. The van der Waals surface area contributed by atoms with Crippen molar-refractivity contribution >= 4 is 17.0 Å². The Labute approximate surface area is 217 Å². The lowest BCUT2D eigenvalue weighted by Gasteiger charge is -2.37. The summed E-state index contributed by atoms with van der Waals surface area (Å²) in [7, 11) is 2.20. The van der Waals surface area contributed by atoms with Crippen LogP contribution in [-0.2, 0) is 6.54 Å². The average molecular weight is 490 g/mol. The second-order valence-corrected chi connectivity index (χ2v) is 9.84. The third-order valence-corrected chi connectivity index (χ3v) is 7.30. The summed E-state index contributed by atoms with van der Waals surface area (Å²) >= 11 is 0. The standard InChI is InChI=1S/C30H31N7/c1-21-19-36(18-17-35(21)2)20-22-10-12-24(13-11-22)37-29(25-9-6-16-32-28(25)31)34-27-15-14-26(33-30(27)37)23-7-4-3-5-8-23/h3-16,21H,17-20H2,1-2H3,(H2,31,32)/t21-/m0/s1. The minimum atomic E-state index is 0.447. The van der Waals surface area contributed by atoms with Crippen molar-refractivity contribution < 1.29 is 0 Å². The summed E-state index contributed by atoms with van der Waals surface area (Å²) in [4.78, 5) is 19.3. The summed E-state index contributed by atoms with van der Waals surface area (Å²) in [5.41, 5.74) is 13.0. The van der Waals surface area contributed by atoms with Crippen molar-refractivity contribution in [1.82, 2.24) is 29.3 Å². The van der Waals surface area contributed by atoms with Crippen LogP contribution in [0.2, 0.25) is 0 Å². The van der Waals surface area contributed by atoms with Crippen molar-refractivity contribution in [3.8, 4) is 28.3 Å². The van der Waals surface area contributed by atoms with E-state index in [2.05, 4.69) is 69.7 Å². The molecule has 0 unspecified atom stereocenters. The third-order valence-electron chi connectivity index (χ3n) is 7.30. The van der Waals surface area contributed by atoms with Crippen molar-refractivity contribution in [3.05, 3.63) is 90.6 Å². The van der Waals surface area contributed by atoms with E-state index >= 15 is 0 Å². The van der Waals surface area contributed by atoms with Gasteiger partial charge in [0.05, 0.1) is 11.3 Å². The fourth-order valence-electron chi connectivity index (χ4n) is 5.03. The number of rotatable bonds is 5. The SMILES string of the molecule is C[C@H]1CN(Cc2ccc(-n3c(-c4cccnc4N)nc4ccc(-c5ccccc5)nc43)cc2)CCN1C. The van der Waals surface area contributed by atoms with Crippen LogP contribution in [-0.4, -0.2) is 62.0 Å². The normalized spacial score (nSPS) is 16.9. The molecule has 6 rings (SSSR count). The number of piperazine rings is 1. The van der Waals surface area contributed by atoms with Crippen LogP contribution in [0.15, 0.2) is 85.1 Å². The molecule has 0 aliphatic carbocycles. The summed E-state index contributed by atoms with van der Waals surface area (Å²) in [6, 6.07) is 27.4. The summed E-state index contributed by atoms with van der Waals surface area (Å²) in [6.45, 7) is 6.52. The van der Waals surface area contributed by atoms with Gasteiger partial charge in [0, 0.05) is 49.7 Å². The molecule has 0 radical (unpaired) electrons. The molecular weight excluding hydrogens is 458 g/mol. The Morgan fingerprint density at radius 2 is 1.70 bits per heavy atom. The summed E-state index contributed by atoms with van der Waals surface area (Å²) in [5, 5.41) is 0. The Morgan fingerprint density at radius 1 is 0.892 bits per heavy atom. The van der Waals surface area contributed by atoms with Gasteiger partial charge in [0.2, 0.25) is 0 Å². The largest absolute Gasteiger partial charge is 0.383 e. The van der Waals surface area contributed by atoms with Gasteiger partial charge >= 0.3 is 0 Å². The van der Waals surface area contributed by atoms with E-state index in [1.807, 2.05) is 42.5 Å². The second kappa shape index (κ2) is 9.76. The van der Waals surface area contributed by atoms with E-state index in [1.54, 1.807) is 6.20 Å². The van der Waals surface area contributed by atoms with Crippen LogP contribution in [0, 0.1) is 0 Å². The average Bonchev–Trinajstić information content (AvgIpc) is 3.30. The quantitative estimate of drug-likeness (QED) is 0.380. The van der Waals surface area contributed by atoms with Gasteiger partial charge in [-0.05, 0) is 55.9 Å². The molecular formula is C30H31N7. The molecule has 186 valence electrons. The van der Waals surface area contributed by atoms with Crippen LogP contribution in [0.25, 0.3) is 39.5 Å². The molecule has 0 saturated carbocycles. The molecule has 2 aromatic carbocycles. The molecule has 4 heterocycles. The zero-order valence-corrected chi connectivity index (χ0v) is 21.2. The van der Waals surface area contributed by atoms with Gasteiger partial charge in [-0.1, -0.05) is 42.5 Å². The molecule has 0 bridgehead atoms. The van der Waals surface area contributed by atoms with Crippen molar-refractivity contribution in [1.29, 1.82) is 0 Å². The number of imidazole rings is 1. The first-order valence-corrected chi connectivity index (χ1v) is 12.7. The summed E-state index contributed by atoms with van der Waals surface area (Å²) in [5.74, 6) is 1.18. The molecule has 37 heavy (non-hydrogen) atoms. The van der Waals surface area contributed by atoms with Gasteiger partial charge < -0.3 is 10.6 Å². The van der Waals surface area contributed by atoms with Crippen molar-refractivity contribution in [2.24, 2.45) is 0 Å².